The van der Waals surface area contributed by atoms with Gasteiger partial charge in [-0.05, 0) is 25.2 Å². The average molecular weight is 271 g/mol. The van der Waals surface area contributed by atoms with Crippen molar-refractivity contribution in [3.8, 4) is 0 Å². The summed E-state index contributed by atoms with van der Waals surface area (Å²) in [5.41, 5.74) is 0. The topological polar surface area (TPSA) is 66.8 Å². The lowest BCUT2D eigenvalue weighted by Gasteiger charge is -2.29. The Balaban J connectivity index is 4.75. The molecule has 0 heterocycles. The van der Waals surface area contributed by atoms with Crippen LogP contribution >= 0.6 is 0 Å². The molecule has 0 rings (SSSR count). The molecule has 1 unspecified atom stereocenters. The van der Waals surface area contributed by atoms with Gasteiger partial charge in [-0.3, -0.25) is 4.90 Å². The minimum Gasteiger partial charge on any atom is -0.480 e. The van der Waals surface area contributed by atoms with Crippen LogP contribution in [0, 0.1) is 5.92 Å². The van der Waals surface area contributed by atoms with Gasteiger partial charge < -0.3 is 9.84 Å². The van der Waals surface area contributed by atoms with E-state index < -0.39 is 18.1 Å². The Bertz CT molecular complexity index is 302. The van der Waals surface area contributed by atoms with Crippen LogP contribution in [0.4, 0.5) is 4.79 Å². The molecule has 0 saturated heterocycles. The summed E-state index contributed by atoms with van der Waals surface area (Å²) in [6.45, 7) is 9.93. The van der Waals surface area contributed by atoms with E-state index in [1.54, 1.807) is 6.08 Å². The largest absolute Gasteiger partial charge is 0.480 e. The predicted molar refractivity (Wildman–Crippen MR) is 74.0 cm³/mol. The van der Waals surface area contributed by atoms with Crippen LogP contribution in [0.25, 0.3) is 0 Å². The van der Waals surface area contributed by atoms with Crippen LogP contribution in [-0.4, -0.2) is 41.3 Å². The van der Waals surface area contributed by atoms with Gasteiger partial charge in [0.25, 0.3) is 0 Å². The van der Waals surface area contributed by atoms with E-state index in [1.807, 2.05) is 20.8 Å². The Morgan fingerprint density at radius 1 is 1.42 bits per heavy atom. The van der Waals surface area contributed by atoms with Crippen LogP contribution in [0.15, 0.2) is 12.7 Å². The molecule has 0 aromatic carbocycles. The van der Waals surface area contributed by atoms with Gasteiger partial charge in [0.05, 0.1) is 6.61 Å². The van der Waals surface area contributed by atoms with Crippen molar-refractivity contribution >= 4 is 12.1 Å². The summed E-state index contributed by atoms with van der Waals surface area (Å²) in [5.74, 6) is -0.788. The van der Waals surface area contributed by atoms with Crippen molar-refractivity contribution in [1.29, 1.82) is 0 Å². The summed E-state index contributed by atoms with van der Waals surface area (Å²) in [6, 6.07) is -0.823. The van der Waals surface area contributed by atoms with Crippen molar-refractivity contribution in [3.05, 3.63) is 12.7 Å². The van der Waals surface area contributed by atoms with Crippen LogP contribution < -0.4 is 0 Å². The molecule has 0 spiro atoms. The summed E-state index contributed by atoms with van der Waals surface area (Å²) >= 11 is 0. The highest BCUT2D eigenvalue weighted by Crippen LogP contribution is 2.14. The Morgan fingerprint density at radius 3 is 2.47 bits per heavy atom. The molecular formula is C14H25NO4. The zero-order chi connectivity index (χ0) is 14.8. The molecule has 1 atom stereocenters. The summed E-state index contributed by atoms with van der Waals surface area (Å²) in [7, 11) is 0. The molecule has 5 heteroatoms. The summed E-state index contributed by atoms with van der Waals surface area (Å²) in [5, 5.41) is 9.27. The molecule has 0 aromatic heterocycles. The molecule has 19 heavy (non-hydrogen) atoms. The Morgan fingerprint density at radius 2 is 2.05 bits per heavy atom. The van der Waals surface area contributed by atoms with E-state index in [4.69, 9.17) is 4.74 Å². The molecule has 0 aliphatic heterocycles. The number of carbonyl (C=O) groups is 2. The second kappa shape index (κ2) is 9.42. The van der Waals surface area contributed by atoms with Gasteiger partial charge in [-0.25, -0.2) is 9.59 Å². The smallest absolute Gasteiger partial charge is 0.410 e. The molecule has 110 valence electrons. The second-order valence-corrected chi connectivity index (χ2v) is 4.87. The lowest BCUT2D eigenvalue weighted by molar-refractivity contribution is -0.143. The van der Waals surface area contributed by atoms with Crippen molar-refractivity contribution in [3.63, 3.8) is 0 Å². The van der Waals surface area contributed by atoms with E-state index in [-0.39, 0.29) is 12.5 Å². The van der Waals surface area contributed by atoms with E-state index >= 15 is 0 Å². The van der Waals surface area contributed by atoms with Crippen LogP contribution in [0.2, 0.25) is 0 Å². The van der Waals surface area contributed by atoms with E-state index in [2.05, 4.69) is 6.58 Å². The number of carbonyl (C=O) groups excluding carboxylic acids is 1. The van der Waals surface area contributed by atoms with Crippen LogP contribution in [-0.2, 0) is 9.53 Å². The predicted octanol–water partition coefficient (Wildman–Crippen LogP) is 2.91. The van der Waals surface area contributed by atoms with Crippen molar-refractivity contribution in [2.45, 2.75) is 46.1 Å². The number of amides is 1. The van der Waals surface area contributed by atoms with Gasteiger partial charge in [0.15, 0.2) is 0 Å². The molecule has 0 aliphatic carbocycles. The number of hydrogen-bond donors (Lipinski definition) is 1. The Hall–Kier alpha value is -1.52. The normalized spacial score (nSPS) is 12.0. The van der Waals surface area contributed by atoms with Gasteiger partial charge in [0.2, 0.25) is 0 Å². The van der Waals surface area contributed by atoms with Crippen LogP contribution in [0.5, 0.6) is 0 Å². The van der Waals surface area contributed by atoms with Gasteiger partial charge in [0.1, 0.15) is 6.04 Å². The summed E-state index contributed by atoms with van der Waals surface area (Å²) in [6.07, 6.45) is 2.77. The first-order valence-corrected chi connectivity index (χ1v) is 6.71. The van der Waals surface area contributed by atoms with Crippen molar-refractivity contribution < 1.29 is 19.4 Å². The third-order valence-corrected chi connectivity index (χ3v) is 2.60. The third kappa shape index (κ3) is 6.84. The standard InChI is InChI=1S/C14H25NO4/c1-5-7-9-19-14(18)15(8-6-2)12(13(16)17)10-11(3)4/h5,11-12H,1,6-10H2,2-4H3,(H,16,17). The zero-order valence-electron chi connectivity index (χ0n) is 12.1. The number of aliphatic carboxylic acids is 1. The number of carboxylic acids is 1. The second-order valence-electron chi connectivity index (χ2n) is 4.87. The maximum Gasteiger partial charge on any atom is 0.410 e. The molecule has 0 fully saturated rings. The minimum absolute atomic E-state index is 0.196. The molecule has 0 bridgehead atoms. The van der Waals surface area contributed by atoms with E-state index in [0.717, 1.165) is 0 Å². The number of carboxylic acid groups (broad SMARTS) is 1. The molecule has 0 aliphatic rings. The van der Waals surface area contributed by atoms with E-state index in [1.165, 1.54) is 4.90 Å². The highest BCUT2D eigenvalue weighted by Gasteiger charge is 2.30. The highest BCUT2D eigenvalue weighted by atomic mass is 16.6. The molecule has 0 aromatic rings. The van der Waals surface area contributed by atoms with Gasteiger partial charge in [-0.2, -0.15) is 0 Å². The molecular weight excluding hydrogens is 246 g/mol. The summed E-state index contributed by atoms with van der Waals surface area (Å²) < 4.78 is 5.06. The van der Waals surface area contributed by atoms with Gasteiger partial charge in [-0.1, -0.05) is 26.8 Å². The fraction of sp³-hybridized carbons (Fsp3) is 0.714. The first-order chi connectivity index (χ1) is 8.93. The maximum absolute atomic E-state index is 11.9. The zero-order valence-corrected chi connectivity index (χ0v) is 12.1. The third-order valence-electron chi connectivity index (χ3n) is 2.60. The first kappa shape index (κ1) is 17.5. The molecule has 1 amide bonds. The Kier molecular flexibility index (Phi) is 8.66. The van der Waals surface area contributed by atoms with Crippen LogP contribution in [0.1, 0.15) is 40.0 Å². The number of rotatable bonds is 9. The minimum atomic E-state index is -0.983. The monoisotopic (exact) mass is 271 g/mol. The van der Waals surface area contributed by atoms with Crippen molar-refractivity contribution in [1.82, 2.24) is 4.90 Å². The quantitative estimate of drug-likeness (QED) is 0.517. The van der Waals surface area contributed by atoms with Gasteiger partial charge in [0, 0.05) is 6.54 Å². The maximum atomic E-state index is 11.9. The molecule has 0 saturated carbocycles. The van der Waals surface area contributed by atoms with Crippen molar-refractivity contribution in [2.24, 2.45) is 5.92 Å². The molecule has 1 N–H and O–H groups in total. The lowest BCUT2D eigenvalue weighted by atomic mass is 10.0. The molecule has 5 nitrogen and oxygen atoms in total. The van der Waals surface area contributed by atoms with E-state index in [0.29, 0.717) is 25.8 Å². The lowest BCUT2D eigenvalue weighted by Crippen LogP contribution is -2.46. The van der Waals surface area contributed by atoms with Gasteiger partial charge >= 0.3 is 12.1 Å². The summed E-state index contributed by atoms with van der Waals surface area (Å²) in [4.78, 5) is 24.6. The number of hydrogen-bond acceptors (Lipinski definition) is 3. The highest BCUT2D eigenvalue weighted by molar-refractivity contribution is 5.80. The SMILES string of the molecule is C=CCCOC(=O)N(CCC)C(CC(C)C)C(=O)O. The van der Waals surface area contributed by atoms with Gasteiger partial charge in [-0.15, -0.1) is 6.58 Å². The molecule has 0 radical (unpaired) electrons. The van der Waals surface area contributed by atoms with Crippen molar-refractivity contribution in [2.75, 3.05) is 13.2 Å². The fourth-order valence-electron chi connectivity index (χ4n) is 1.74. The number of ether oxygens (including phenoxy) is 1. The average Bonchev–Trinajstić information content (AvgIpc) is 2.33. The number of nitrogens with zero attached hydrogens (tertiary/aromatic N) is 1. The van der Waals surface area contributed by atoms with Crippen LogP contribution in [0.3, 0.4) is 0 Å². The van der Waals surface area contributed by atoms with E-state index in [9.17, 15) is 14.7 Å². The Labute approximate surface area is 115 Å². The first-order valence-electron chi connectivity index (χ1n) is 6.71. The fourth-order valence-corrected chi connectivity index (χ4v) is 1.74.